The molecule has 1 aliphatic rings. The van der Waals surface area contributed by atoms with Crippen LogP contribution in [-0.2, 0) is 6.42 Å². The first-order chi connectivity index (χ1) is 7.89. The lowest BCUT2D eigenvalue weighted by atomic mass is 9.80. The number of rotatable bonds is 5. The number of hydrogen-bond donors (Lipinski definition) is 1. The zero-order valence-corrected chi connectivity index (χ0v) is 12.2. The molecule has 0 spiro atoms. The van der Waals surface area contributed by atoms with Crippen molar-refractivity contribution in [2.24, 2.45) is 11.3 Å². The minimum absolute atomic E-state index is 0.212. The molecule has 2 nitrogen and oxygen atoms in total. The minimum Gasteiger partial charge on any atom is -0.312 e. The van der Waals surface area contributed by atoms with Gasteiger partial charge < -0.3 is 5.32 Å². The normalized spacial score (nSPS) is 20.2. The number of nitrogens with zero attached hydrogens (tertiary/aromatic N) is 1. The lowest BCUT2D eigenvalue weighted by Gasteiger charge is -2.33. The van der Waals surface area contributed by atoms with E-state index in [4.69, 9.17) is 0 Å². The molecule has 0 radical (unpaired) electrons. The molecule has 1 fully saturated rings. The maximum Gasteiger partial charge on any atom is 0.0794 e. The van der Waals surface area contributed by atoms with Gasteiger partial charge in [0, 0.05) is 23.2 Å². The first-order valence-electron chi connectivity index (χ1n) is 6.51. The molecule has 0 bridgehead atoms. The highest BCUT2D eigenvalue weighted by Crippen LogP contribution is 2.47. The lowest BCUT2D eigenvalue weighted by Crippen LogP contribution is -2.44. The molecule has 1 aromatic rings. The number of thiazole rings is 1. The van der Waals surface area contributed by atoms with Crippen LogP contribution in [0, 0.1) is 11.3 Å². The third-order valence-electron chi connectivity index (χ3n) is 3.65. The van der Waals surface area contributed by atoms with Crippen LogP contribution in [0.15, 0.2) is 11.7 Å². The molecule has 1 N–H and O–H groups in total. The molecule has 1 aliphatic carbocycles. The van der Waals surface area contributed by atoms with Gasteiger partial charge >= 0.3 is 0 Å². The van der Waals surface area contributed by atoms with E-state index in [0.29, 0.717) is 5.41 Å². The van der Waals surface area contributed by atoms with E-state index >= 15 is 0 Å². The van der Waals surface area contributed by atoms with Gasteiger partial charge in [-0.15, -0.1) is 11.3 Å². The Hall–Kier alpha value is -0.410. The molecule has 1 saturated carbocycles. The Bertz CT molecular complexity index is 349. The highest BCUT2D eigenvalue weighted by Gasteiger charge is 2.41. The summed E-state index contributed by atoms with van der Waals surface area (Å²) in [6.45, 7) is 10.3. The van der Waals surface area contributed by atoms with Crippen LogP contribution in [0.3, 0.4) is 0 Å². The summed E-state index contributed by atoms with van der Waals surface area (Å²) >= 11 is 1.79. The molecule has 0 amide bonds. The summed E-state index contributed by atoms with van der Waals surface area (Å²) in [5.41, 5.74) is 2.56. The molecule has 2 rings (SSSR count). The molecule has 0 aliphatic heterocycles. The molecule has 1 aromatic heterocycles. The van der Waals surface area contributed by atoms with Crippen molar-refractivity contribution in [1.82, 2.24) is 10.3 Å². The highest BCUT2D eigenvalue weighted by atomic mass is 32.1. The van der Waals surface area contributed by atoms with E-state index in [1.165, 1.54) is 24.1 Å². The predicted octanol–water partition coefficient (Wildman–Crippen LogP) is 3.49. The van der Waals surface area contributed by atoms with E-state index in [2.05, 4.69) is 38.0 Å². The first-order valence-corrected chi connectivity index (χ1v) is 7.39. The second-order valence-electron chi connectivity index (χ2n) is 6.68. The zero-order chi connectivity index (χ0) is 12.5. The second kappa shape index (κ2) is 4.69. The fourth-order valence-electron chi connectivity index (χ4n) is 2.33. The van der Waals surface area contributed by atoms with E-state index < -0.39 is 0 Å². The van der Waals surface area contributed by atoms with Gasteiger partial charge in [-0.2, -0.15) is 0 Å². The molecular weight excluding hydrogens is 228 g/mol. The van der Waals surface area contributed by atoms with Gasteiger partial charge in [0.25, 0.3) is 0 Å². The van der Waals surface area contributed by atoms with Gasteiger partial charge in [0.2, 0.25) is 0 Å². The molecule has 3 heteroatoms. The SMILES string of the molecule is CC(C)(C)NCC(C)(Cc1cncs1)C1CC1. The number of nitrogens with one attached hydrogen (secondary N) is 1. The Labute approximate surface area is 109 Å². The molecule has 1 heterocycles. The highest BCUT2D eigenvalue weighted by molar-refractivity contribution is 7.09. The van der Waals surface area contributed by atoms with Gasteiger partial charge in [-0.05, 0) is 51.4 Å². The van der Waals surface area contributed by atoms with E-state index in [1.54, 1.807) is 11.3 Å². The first kappa shape index (κ1) is 13.0. The standard InChI is InChI=1S/C14H24N2S/c1-13(2,3)16-9-14(4,11-5-6-11)7-12-8-15-10-17-12/h8,10-11,16H,5-7,9H2,1-4H3. The lowest BCUT2D eigenvalue weighted by molar-refractivity contribution is 0.229. The second-order valence-corrected chi connectivity index (χ2v) is 7.65. The molecule has 96 valence electrons. The third-order valence-corrected chi connectivity index (χ3v) is 4.43. The Kier molecular flexibility index (Phi) is 3.60. The quantitative estimate of drug-likeness (QED) is 0.867. The largest absolute Gasteiger partial charge is 0.312 e. The number of hydrogen-bond acceptors (Lipinski definition) is 3. The smallest absolute Gasteiger partial charge is 0.0794 e. The van der Waals surface area contributed by atoms with Crippen molar-refractivity contribution in [3.63, 3.8) is 0 Å². The summed E-state index contributed by atoms with van der Waals surface area (Å²) < 4.78 is 0. The van der Waals surface area contributed by atoms with E-state index in [-0.39, 0.29) is 5.54 Å². The minimum atomic E-state index is 0.212. The molecule has 1 unspecified atom stereocenters. The van der Waals surface area contributed by atoms with Crippen LogP contribution in [0.4, 0.5) is 0 Å². The summed E-state index contributed by atoms with van der Waals surface area (Å²) in [7, 11) is 0. The average Bonchev–Trinajstić information content (AvgIpc) is 2.97. The summed E-state index contributed by atoms with van der Waals surface area (Å²) in [6.07, 6.45) is 6.01. The van der Waals surface area contributed by atoms with Gasteiger partial charge in [0.05, 0.1) is 5.51 Å². The van der Waals surface area contributed by atoms with Crippen molar-refractivity contribution in [2.75, 3.05) is 6.54 Å². The summed E-state index contributed by atoms with van der Waals surface area (Å²) in [6, 6.07) is 0. The van der Waals surface area contributed by atoms with Crippen molar-refractivity contribution in [2.45, 2.75) is 52.5 Å². The van der Waals surface area contributed by atoms with Crippen molar-refractivity contribution in [3.8, 4) is 0 Å². The van der Waals surface area contributed by atoms with Crippen molar-refractivity contribution < 1.29 is 0 Å². The molecule has 1 atom stereocenters. The Morgan fingerprint density at radius 3 is 2.53 bits per heavy atom. The monoisotopic (exact) mass is 252 g/mol. The van der Waals surface area contributed by atoms with Crippen LogP contribution < -0.4 is 5.32 Å². The van der Waals surface area contributed by atoms with E-state index in [0.717, 1.165) is 12.5 Å². The fourth-order valence-corrected chi connectivity index (χ4v) is 3.12. The summed E-state index contributed by atoms with van der Waals surface area (Å²) in [4.78, 5) is 5.62. The van der Waals surface area contributed by atoms with E-state index in [1.807, 2.05) is 11.7 Å². The van der Waals surface area contributed by atoms with Crippen molar-refractivity contribution in [3.05, 3.63) is 16.6 Å². The molecule has 17 heavy (non-hydrogen) atoms. The molecule has 0 aromatic carbocycles. The Morgan fingerprint density at radius 1 is 1.35 bits per heavy atom. The maximum absolute atomic E-state index is 4.19. The third kappa shape index (κ3) is 3.78. The van der Waals surface area contributed by atoms with Crippen LogP contribution in [0.25, 0.3) is 0 Å². The number of aromatic nitrogens is 1. The van der Waals surface area contributed by atoms with Crippen LogP contribution >= 0.6 is 11.3 Å². The van der Waals surface area contributed by atoms with E-state index in [9.17, 15) is 0 Å². The zero-order valence-electron chi connectivity index (χ0n) is 11.4. The van der Waals surface area contributed by atoms with Gasteiger partial charge in [-0.3, -0.25) is 4.98 Å². The molecule has 0 saturated heterocycles. The summed E-state index contributed by atoms with van der Waals surface area (Å²) in [5.74, 6) is 0.902. The van der Waals surface area contributed by atoms with Gasteiger partial charge in [-0.1, -0.05) is 6.92 Å². The van der Waals surface area contributed by atoms with Crippen molar-refractivity contribution >= 4 is 11.3 Å². The van der Waals surface area contributed by atoms with Gasteiger partial charge in [0.15, 0.2) is 0 Å². The topological polar surface area (TPSA) is 24.9 Å². The van der Waals surface area contributed by atoms with Crippen LogP contribution in [-0.4, -0.2) is 17.1 Å². The van der Waals surface area contributed by atoms with Gasteiger partial charge in [-0.25, -0.2) is 0 Å². The summed E-state index contributed by atoms with van der Waals surface area (Å²) in [5, 5.41) is 3.68. The molecular formula is C14H24N2S. The van der Waals surface area contributed by atoms with Crippen LogP contribution in [0.1, 0.15) is 45.4 Å². The Balaban J connectivity index is 1.99. The average molecular weight is 252 g/mol. The predicted molar refractivity (Wildman–Crippen MR) is 74.4 cm³/mol. The van der Waals surface area contributed by atoms with Crippen molar-refractivity contribution in [1.29, 1.82) is 0 Å². The van der Waals surface area contributed by atoms with Gasteiger partial charge in [0.1, 0.15) is 0 Å². The van der Waals surface area contributed by atoms with Crippen LogP contribution in [0.2, 0.25) is 0 Å². The Morgan fingerprint density at radius 2 is 2.06 bits per heavy atom. The fraction of sp³-hybridized carbons (Fsp3) is 0.786. The maximum atomic E-state index is 4.19. The van der Waals surface area contributed by atoms with Crippen LogP contribution in [0.5, 0.6) is 0 Å².